The minimum Gasteiger partial charge on any atom is -0.312 e. The minimum absolute atomic E-state index is 0.272. The fraction of sp³-hybridized carbons (Fsp3) is 1.00. The van der Waals surface area contributed by atoms with Gasteiger partial charge in [0.2, 0.25) is 0 Å². The lowest BCUT2D eigenvalue weighted by molar-refractivity contribution is 0.0308. The zero-order valence-electron chi connectivity index (χ0n) is 13.5. The first kappa shape index (κ1) is 15.3. The molecule has 19 heavy (non-hydrogen) atoms. The summed E-state index contributed by atoms with van der Waals surface area (Å²) in [4.78, 5) is 2.80. The Labute approximate surface area is 120 Å². The molecule has 2 unspecified atom stereocenters. The SMILES string of the molecule is CCCC1CCN(C2CCC2CNC(C)(C)C)CC1. The molecular weight excluding hydrogens is 232 g/mol. The minimum atomic E-state index is 0.272. The van der Waals surface area contributed by atoms with E-state index in [1.54, 1.807) is 0 Å². The van der Waals surface area contributed by atoms with Crippen molar-refractivity contribution in [3.8, 4) is 0 Å². The van der Waals surface area contributed by atoms with Crippen LogP contribution >= 0.6 is 0 Å². The predicted molar refractivity (Wildman–Crippen MR) is 83.5 cm³/mol. The van der Waals surface area contributed by atoms with E-state index in [4.69, 9.17) is 0 Å². The highest BCUT2D eigenvalue weighted by Gasteiger charge is 2.36. The molecule has 112 valence electrons. The first-order valence-electron chi connectivity index (χ1n) is 8.48. The summed E-state index contributed by atoms with van der Waals surface area (Å²) in [6.07, 6.45) is 8.59. The summed E-state index contributed by atoms with van der Waals surface area (Å²) in [6, 6.07) is 0.887. The molecule has 0 spiro atoms. The van der Waals surface area contributed by atoms with Gasteiger partial charge >= 0.3 is 0 Å². The second kappa shape index (κ2) is 6.58. The topological polar surface area (TPSA) is 15.3 Å². The van der Waals surface area contributed by atoms with Crippen LogP contribution in [0.4, 0.5) is 0 Å². The number of hydrogen-bond donors (Lipinski definition) is 1. The first-order chi connectivity index (χ1) is 8.99. The summed E-state index contributed by atoms with van der Waals surface area (Å²) < 4.78 is 0. The molecule has 2 atom stereocenters. The maximum Gasteiger partial charge on any atom is 0.0136 e. The lowest BCUT2D eigenvalue weighted by Crippen LogP contribution is -2.54. The molecular formula is C17H34N2. The Bertz CT molecular complexity index is 261. The molecule has 2 aliphatic rings. The Morgan fingerprint density at radius 1 is 1.05 bits per heavy atom. The Morgan fingerprint density at radius 3 is 2.21 bits per heavy atom. The second-order valence-electron chi connectivity index (χ2n) is 7.80. The van der Waals surface area contributed by atoms with Crippen LogP contribution in [0.1, 0.15) is 66.2 Å². The summed E-state index contributed by atoms with van der Waals surface area (Å²) in [7, 11) is 0. The highest BCUT2D eigenvalue weighted by molar-refractivity contribution is 4.92. The third kappa shape index (κ3) is 4.46. The molecule has 1 aliphatic heterocycles. The molecule has 1 N–H and O–H groups in total. The van der Waals surface area contributed by atoms with Gasteiger partial charge in [0.1, 0.15) is 0 Å². The van der Waals surface area contributed by atoms with Crippen LogP contribution in [0.2, 0.25) is 0 Å². The molecule has 2 heteroatoms. The summed E-state index contributed by atoms with van der Waals surface area (Å²) in [5.74, 6) is 1.93. The van der Waals surface area contributed by atoms with Crippen molar-refractivity contribution in [1.29, 1.82) is 0 Å². The van der Waals surface area contributed by atoms with E-state index in [0.717, 1.165) is 17.9 Å². The third-order valence-corrected chi connectivity index (χ3v) is 5.09. The zero-order valence-corrected chi connectivity index (χ0v) is 13.5. The molecule has 0 aromatic carbocycles. The van der Waals surface area contributed by atoms with Gasteiger partial charge in [-0.25, -0.2) is 0 Å². The molecule has 2 fully saturated rings. The average Bonchev–Trinajstić information content (AvgIpc) is 2.29. The number of nitrogens with zero attached hydrogens (tertiary/aromatic N) is 1. The largest absolute Gasteiger partial charge is 0.312 e. The van der Waals surface area contributed by atoms with Gasteiger partial charge in [0.25, 0.3) is 0 Å². The normalized spacial score (nSPS) is 30.3. The summed E-state index contributed by atoms with van der Waals surface area (Å²) >= 11 is 0. The molecule has 1 saturated carbocycles. The van der Waals surface area contributed by atoms with E-state index in [2.05, 4.69) is 37.9 Å². The van der Waals surface area contributed by atoms with Crippen LogP contribution in [-0.4, -0.2) is 36.1 Å². The molecule has 0 aromatic rings. The van der Waals surface area contributed by atoms with Crippen LogP contribution in [0.15, 0.2) is 0 Å². The van der Waals surface area contributed by atoms with Crippen LogP contribution in [-0.2, 0) is 0 Å². The van der Waals surface area contributed by atoms with Crippen molar-refractivity contribution in [2.75, 3.05) is 19.6 Å². The number of nitrogens with one attached hydrogen (secondary N) is 1. The van der Waals surface area contributed by atoms with E-state index in [1.807, 2.05) is 0 Å². The van der Waals surface area contributed by atoms with Crippen LogP contribution < -0.4 is 5.32 Å². The lowest BCUT2D eigenvalue weighted by Gasteiger charge is -2.48. The van der Waals surface area contributed by atoms with Gasteiger partial charge in [0.05, 0.1) is 0 Å². The van der Waals surface area contributed by atoms with Crippen LogP contribution in [0, 0.1) is 11.8 Å². The smallest absolute Gasteiger partial charge is 0.0136 e. The summed E-state index contributed by atoms with van der Waals surface area (Å²) in [5.41, 5.74) is 0.272. The van der Waals surface area contributed by atoms with Gasteiger partial charge in [-0.1, -0.05) is 19.8 Å². The Kier molecular flexibility index (Phi) is 5.30. The second-order valence-corrected chi connectivity index (χ2v) is 7.80. The molecule has 0 aromatic heterocycles. The van der Waals surface area contributed by atoms with E-state index in [0.29, 0.717) is 0 Å². The molecule has 1 heterocycles. The van der Waals surface area contributed by atoms with E-state index in [-0.39, 0.29) is 5.54 Å². The number of rotatable bonds is 5. The van der Waals surface area contributed by atoms with E-state index >= 15 is 0 Å². The fourth-order valence-electron chi connectivity index (χ4n) is 3.69. The van der Waals surface area contributed by atoms with E-state index in [9.17, 15) is 0 Å². The Balaban J connectivity index is 1.71. The van der Waals surface area contributed by atoms with Crippen LogP contribution in [0.3, 0.4) is 0 Å². The quantitative estimate of drug-likeness (QED) is 0.817. The molecule has 0 amide bonds. The van der Waals surface area contributed by atoms with E-state index < -0.39 is 0 Å². The lowest BCUT2D eigenvalue weighted by atomic mass is 9.76. The highest BCUT2D eigenvalue weighted by atomic mass is 15.2. The van der Waals surface area contributed by atoms with Gasteiger partial charge in [-0.15, -0.1) is 0 Å². The summed E-state index contributed by atoms with van der Waals surface area (Å²) in [6.45, 7) is 13.1. The third-order valence-electron chi connectivity index (χ3n) is 5.09. The van der Waals surface area contributed by atoms with Crippen molar-refractivity contribution in [2.24, 2.45) is 11.8 Å². The molecule has 0 bridgehead atoms. The molecule has 2 rings (SSSR count). The van der Waals surface area contributed by atoms with Crippen molar-refractivity contribution in [3.63, 3.8) is 0 Å². The Morgan fingerprint density at radius 2 is 1.74 bits per heavy atom. The van der Waals surface area contributed by atoms with Gasteiger partial charge in [-0.2, -0.15) is 0 Å². The number of likely N-dealkylation sites (tertiary alicyclic amines) is 1. The van der Waals surface area contributed by atoms with Crippen molar-refractivity contribution >= 4 is 0 Å². The predicted octanol–water partition coefficient (Wildman–Crippen LogP) is 3.67. The van der Waals surface area contributed by atoms with Crippen molar-refractivity contribution < 1.29 is 0 Å². The average molecular weight is 266 g/mol. The molecule has 1 aliphatic carbocycles. The molecule has 0 radical (unpaired) electrons. The van der Waals surface area contributed by atoms with Gasteiger partial charge in [0, 0.05) is 11.6 Å². The maximum absolute atomic E-state index is 3.70. The highest BCUT2D eigenvalue weighted by Crippen LogP contribution is 2.35. The molecule has 2 nitrogen and oxygen atoms in total. The Hall–Kier alpha value is -0.0800. The van der Waals surface area contributed by atoms with Crippen molar-refractivity contribution in [1.82, 2.24) is 10.2 Å². The standard InChI is InChI=1S/C17H34N2/c1-5-6-14-9-11-19(12-10-14)16-8-7-15(16)13-18-17(2,3)4/h14-16,18H,5-13H2,1-4H3. The van der Waals surface area contributed by atoms with Gasteiger partial charge in [0.15, 0.2) is 0 Å². The van der Waals surface area contributed by atoms with Gasteiger partial charge in [-0.05, 0) is 77.9 Å². The monoisotopic (exact) mass is 266 g/mol. The molecule has 1 saturated heterocycles. The maximum atomic E-state index is 3.70. The van der Waals surface area contributed by atoms with Crippen LogP contribution in [0.5, 0.6) is 0 Å². The number of piperidine rings is 1. The van der Waals surface area contributed by atoms with Gasteiger partial charge < -0.3 is 10.2 Å². The van der Waals surface area contributed by atoms with E-state index in [1.165, 1.54) is 58.2 Å². The van der Waals surface area contributed by atoms with Crippen molar-refractivity contribution in [2.45, 2.75) is 77.8 Å². The van der Waals surface area contributed by atoms with Crippen LogP contribution in [0.25, 0.3) is 0 Å². The number of hydrogen-bond acceptors (Lipinski definition) is 2. The first-order valence-corrected chi connectivity index (χ1v) is 8.48. The summed E-state index contributed by atoms with van der Waals surface area (Å²) in [5, 5.41) is 3.70. The zero-order chi connectivity index (χ0) is 13.9. The van der Waals surface area contributed by atoms with Gasteiger partial charge in [-0.3, -0.25) is 0 Å². The van der Waals surface area contributed by atoms with Crippen molar-refractivity contribution in [3.05, 3.63) is 0 Å². The fourth-order valence-corrected chi connectivity index (χ4v) is 3.69.